The standard InChI is InChI=1S/C27H43N5O17S/c1-16(33)13-29-21(35)8-5-17(26(41)42)30-23(37)14-49-12-11-48-10-9-28-20(34)7-6-18(27(43)44)32-25(40)19(15-50(45,46)47)31-22(36)3-2-4-24(38)39/h17-19H,2-15H2,1H3,(H,28,34)(H,29,35)(H,30,37)(H,31,36)(H,32,40)(H,38,39)(H,41,42)(H,43,44)(H,45,46,47). The molecule has 0 aromatic carbocycles. The van der Waals surface area contributed by atoms with E-state index in [1.165, 1.54) is 6.92 Å². The highest BCUT2D eigenvalue weighted by molar-refractivity contribution is 7.85. The van der Waals surface area contributed by atoms with Gasteiger partial charge in [-0.25, -0.2) is 9.59 Å². The Morgan fingerprint density at radius 1 is 0.640 bits per heavy atom. The summed E-state index contributed by atoms with van der Waals surface area (Å²) in [5.41, 5.74) is 0. The van der Waals surface area contributed by atoms with Crippen molar-refractivity contribution in [2.75, 3.05) is 45.3 Å². The summed E-state index contributed by atoms with van der Waals surface area (Å²) in [4.78, 5) is 105. The van der Waals surface area contributed by atoms with Gasteiger partial charge in [0.25, 0.3) is 10.1 Å². The molecule has 0 aliphatic carbocycles. The summed E-state index contributed by atoms with van der Waals surface area (Å²) in [7, 11) is -4.83. The molecule has 0 heterocycles. The Hall–Kier alpha value is -4.74. The highest BCUT2D eigenvalue weighted by atomic mass is 32.2. The maximum absolute atomic E-state index is 12.6. The van der Waals surface area contributed by atoms with E-state index in [-0.39, 0.29) is 64.4 Å². The van der Waals surface area contributed by atoms with Crippen LogP contribution in [0.25, 0.3) is 0 Å². The van der Waals surface area contributed by atoms with Crippen molar-refractivity contribution in [2.24, 2.45) is 0 Å². The molecule has 3 atom stereocenters. The zero-order valence-electron chi connectivity index (χ0n) is 27.1. The lowest BCUT2D eigenvalue weighted by Crippen LogP contribution is -2.54. The number of ether oxygens (including phenoxy) is 2. The molecular weight excluding hydrogens is 698 g/mol. The maximum atomic E-state index is 12.6. The van der Waals surface area contributed by atoms with E-state index < -0.39 is 107 Å². The average molecular weight is 742 g/mol. The maximum Gasteiger partial charge on any atom is 0.326 e. The second-order valence-electron chi connectivity index (χ2n) is 10.5. The Bertz CT molecular complexity index is 1320. The van der Waals surface area contributed by atoms with E-state index >= 15 is 0 Å². The Morgan fingerprint density at radius 3 is 1.72 bits per heavy atom. The van der Waals surface area contributed by atoms with E-state index in [9.17, 15) is 61.8 Å². The van der Waals surface area contributed by atoms with Gasteiger partial charge in [0.05, 0.1) is 26.4 Å². The van der Waals surface area contributed by atoms with Crippen molar-refractivity contribution in [3.05, 3.63) is 0 Å². The highest BCUT2D eigenvalue weighted by Crippen LogP contribution is 2.03. The minimum atomic E-state index is -4.83. The van der Waals surface area contributed by atoms with Crippen molar-refractivity contribution in [3.8, 4) is 0 Å². The highest BCUT2D eigenvalue weighted by Gasteiger charge is 2.30. The van der Waals surface area contributed by atoms with Gasteiger partial charge in [-0.3, -0.25) is 38.1 Å². The minimum Gasteiger partial charge on any atom is -0.481 e. The summed E-state index contributed by atoms with van der Waals surface area (Å²) in [6, 6.07) is -4.98. The smallest absolute Gasteiger partial charge is 0.326 e. The Kier molecular flexibility index (Phi) is 22.1. The quantitative estimate of drug-likeness (QED) is 0.0274. The molecule has 50 heavy (non-hydrogen) atoms. The van der Waals surface area contributed by atoms with Crippen molar-refractivity contribution < 1.29 is 80.9 Å². The van der Waals surface area contributed by atoms with Gasteiger partial charge in [-0.2, -0.15) is 8.42 Å². The number of Topliss-reactive ketones (excluding diaryl/α,β-unsaturated/α-hetero) is 1. The van der Waals surface area contributed by atoms with Gasteiger partial charge >= 0.3 is 17.9 Å². The van der Waals surface area contributed by atoms with Crippen LogP contribution in [0.5, 0.6) is 0 Å². The summed E-state index contributed by atoms with van der Waals surface area (Å²) in [5.74, 6) is -9.92. The number of carboxylic acid groups (broad SMARTS) is 3. The Labute approximate surface area is 286 Å². The third-order valence-corrected chi connectivity index (χ3v) is 6.85. The minimum absolute atomic E-state index is 0.0311. The molecule has 0 saturated carbocycles. The molecule has 284 valence electrons. The van der Waals surface area contributed by atoms with Gasteiger partial charge in [-0.15, -0.1) is 0 Å². The first kappa shape index (κ1) is 45.3. The zero-order chi connectivity index (χ0) is 38.3. The predicted molar refractivity (Wildman–Crippen MR) is 166 cm³/mol. The lowest BCUT2D eigenvalue weighted by atomic mass is 10.1. The van der Waals surface area contributed by atoms with Gasteiger partial charge in [-0.1, -0.05) is 0 Å². The van der Waals surface area contributed by atoms with Crippen molar-refractivity contribution >= 4 is 63.3 Å². The van der Waals surface area contributed by atoms with Gasteiger partial charge in [0, 0.05) is 32.2 Å². The zero-order valence-corrected chi connectivity index (χ0v) is 28.0. The van der Waals surface area contributed by atoms with Crippen LogP contribution in [0.15, 0.2) is 0 Å². The van der Waals surface area contributed by atoms with Crippen LogP contribution in [-0.2, 0) is 62.7 Å². The van der Waals surface area contributed by atoms with E-state index in [2.05, 4.69) is 16.0 Å². The molecule has 0 aromatic heterocycles. The molecule has 0 aliphatic rings. The molecule has 22 nitrogen and oxygen atoms in total. The van der Waals surface area contributed by atoms with E-state index in [1.54, 1.807) is 0 Å². The summed E-state index contributed by atoms with van der Waals surface area (Å²) >= 11 is 0. The van der Waals surface area contributed by atoms with Crippen LogP contribution in [-0.4, -0.2) is 145 Å². The summed E-state index contributed by atoms with van der Waals surface area (Å²) in [6.45, 7) is 0.367. The van der Waals surface area contributed by atoms with Gasteiger partial charge < -0.3 is 51.4 Å². The number of hydrogen-bond acceptors (Lipinski definition) is 13. The number of aliphatic carboxylic acids is 3. The Morgan fingerprint density at radius 2 is 1.18 bits per heavy atom. The molecule has 0 aliphatic heterocycles. The topological polar surface area (TPSA) is 347 Å². The third-order valence-electron chi connectivity index (χ3n) is 6.10. The van der Waals surface area contributed by atoms with E-state index in [0.29, 0.717) is 0 Å². The van der Waals surface area contributed by atoms with Crippen molar-refractivity contribution in [1.29, 1.82) is 0 Å². The number of carbonyl (C=O) groups excluding carboxylic acids is 6. The number of rotatable bonds is 28. The molecule has 5 amide bonds. The molecule has 3 unspecified atom stereocenters. The molecule has 0 fully saturated rings. The molecule has 0 rings (SSSR count). The van der Waals surface area contributed by atoms with Crippen LogP contribution in [0.3, 0.4) is 0 Å². The number of hydrogen-bond donors (Lipinski definition) is 9. The van der Waals surface area contributed by atoms with Gasteiger partial charge in [0.1, 0.15) is 36.3 Å². The fourth-order valence-corrected chi connectivity index (χ4v) is 4.34. The number of amides is 5. The summed E-state index contributed by atoms with van der Waals surface area (Å²) in [6.07, 6.45) is -2.26. The molecule has 23 heteroatoms. The second-order valence-corrected chi connectivity index (χ2v) is 12.0. The number of carbonyl (C=O) groups is 9. The molecule has 9 N–H and O–H groups in total. The normalized spacial score (nSPS) is 12.8. The third kappa shape index (κ3) is 24.4. The molecule has 0 aromatic rings. The molecule has 0 bridgehead atoms. The summed E-state index contributed by atoms with van der Waals surface area (Å²) in [5, 5.41) is 38.2. The monoisotopic (exact) mass is 741 g/mol. The fourth-order valence-electron chi connectivity index (χ4n) is 3.68. The predicted octanol–water partition coefficient (Wildman–Crippen LogP) is -3.83. The van der Waals surface area contributed by atoms with E-state index in [1.807, 2.05) is 10.6 Å². The van der Waals surface area contributed by atoms with Crippen molar-refractivity contribution in [3.63, 3.8) is 0 Å². The van der Waals surface area contributed by atoms with Crippen LogP contribution >= 0.6 is 0 Å². The molecule has 0 spiro atoms. The van der Waals surface area contributed by atoms with Crippen LogP contribution in [0.1, 0.15) is 51.9 Å². The van der Waals surface area contributed by atoms with Crippen LogP contribution in [0, 0.1) is 0 Å². The largest absolute Gasteiger partial charge is 0.481 e. The average Bonchev–Trinajstić information content (AvgIpc) is 2.99. The van der Waals surface area contributed by atoms with Crippen molar-refractivity contribution in [2.45, 2.75) is 70.0 Å². The number of carboxylic acids is 3. The first-order chi connectivity index (χ1) is 23.3. The van der Waals surface area contributed by atoms with E-state index in [0.717, 1.165) is 0 Å². The first-order valence-corrected chi connectivity index (χ1v) is 16.6. The van der Waals surface area contributed by atoms with Gasteiger partial charge in [-0.05, 0) is 26.2 Å². The fraction of sp³-hybridized carbons (Fsp3) is 0.667. The summed E-state index contributed by atoms with van der Waals surface area (Å²) < 4.78 is 42.1. The lowest BCUT2D eigenvalue weighted by Gasteiger charge is -2.20. The molecular formula is C27H43N5O17S. The van der Waals surface area contributed by atoms with Crippen LogP contribution in [0.2, 0.25) is 0 Å². The number of ketones is 1. The van der Waals surface area contributed by atoms with Crippen molar-refractivity contribution in [1.82, 2.24) is 26.6 Å². The Balaban J connectivity index is 4.48. The van der Waals surface area contributed by atoms with Gasteiger partial charge in [0.2, 0.25) is 29.5 Å². The van der Waals surface area contributed by atoms with Crippen LogP contribution in [0.4, 0.5) is 0 Å². The second kappa shape index (κ2) is 24.4. The van der Waals surface area contributed by atoms with Crippen LogP contribution < -0.4 is 26.6 Å². The van der Waals surface area contributed by atoms with Gasteiger partial charge in [0.15, 0.2) is 0 Å². The number of nitrogens with one attached hydrogen (secondary N) is 5. The van der Waals surface area contributed by atoms with E-state index in [4.69, 9.17) is 19.1 Å². The SMILES string of the molecule is CC(=O)CNC(=O)CCC(NC(=O)COCCOCCNC(=O)CCC(NC(=O)C(CS(=O)(=O)O)NC(=O)CCCC(=O)O)C(=O)O)C(=O)O. The lowest BCUT2D eigenvalue weighted by molar-refractivity contribution is -0.143. The molecule has 0 saturated heterocycles. The molecule has 0 radical (unpaired) electrons. The first-order valence-electron chi connectivity index (χ1n) is 15.0.